The van der Waals surface area contributed by atoms with Crippen molar-refractivity contribution in [1.29, 1.82) is 0 Å². The molecule has 0 aliphatic carbocycles. The Balaban J connectivity index is 1.89. The zero-order valence-electron chi connectivity index (χ0n) is 22.2. The molecule has 1 aromatic heterocycles. The Morgan fingerprint density at radius 1 is 1.13 bits per heavy atom. The standard InChI is InChI=1S/C26H29Cl2F3N6O2/c1-15-9-19-21(37(23-32-34-35(5)33-23)14-16-10-17(27)12-18(28)11-16)7-6-8-36(24(38)39-25(2,3)4)22(19)13-20(15)26(29,30)31/h9-13,21H,6-8,14H2,1-5H3/t21-/m0/s1. The van der Waals surface area contributed by atoms with Crippen LogP contribution in [0.4, 0.5) is 29.6 Å². The van der Waals surface area contributed by atoms with Gasteiger partial charge in [-0.15, -0.1) is 5.10 Å². The van der Waals surface area contributed by atoms with Crippen LogP contribution < -0.4 is 9.80 Å². The molecule has 2 heterocycles. The first-order valence-electron chi connectivity index (χ1n) is 12.3. The Bertz CT molecular complexity index is 1350. The third kappa shape index (κ3) is 6.75. The molecule has 0 saturated carbocycles. The predicted octanol–water partition coefficient (Wildman–Crippen LogP) is 7.13. The fraction of sp³-hybridized carbons (Fsp3) is 0.462. The number of benzene rings is 2. The highest BCUT2D eigenvalue weighted by atomic mass is 35.5. The molecule has 13 heteroatoms. The van der Waals surface area contributed by atoms with Crippen molar-refractivity contribution in [2.24, 2.45) is 7.05 Å². The molecule has 4 rings (SSSR count). The number of aromatic nitrogens is 4. The van der Waals surface area contributed by atoms with E-state index in [2.05, 4.69) is 15.4 Å². The number of carbonyl (C=O) groups is 1. The van der Waals surface area contributed by atoms with Gasteiger partial charge < -0.3 is 9.64 Å². The summed E-state index contributed by atoms with van der Waals surface area (Å²) in [7, 11) is 1.62. The van der Waals surface area contributed by atoms with Gasteiger partial charge in [-0.3, -0.25) is 4.90 Å². The second-order valence-electron chi connectivity index (χ2n) is 10.5. The lowest BCUT2D eigenvalue weighted by Gasteiger charge is -2.33. The molecular formula is C26H29Cl2F3N6O2. The first-order chi connectivity index (χ1) is 18.1. The van der Waals surface area contributed by atoms with E-state index in [1.165, 1.54) is 22.7 Å². The van der Waals surface area contributed by atoms with E-state index in [0.717, 1.165) is 11.6 Å². The molecule has 39 heavy (non-hydrogen) atoms. The van der Waals surface area contributed by atoms with E-state index in [9.17, 15) is 18.0 Å². The summed E-state index contributed by atoms with van der Waals surface area (Å²) >= 11 is 12.5. The van der Waals surface area contributed by atoms with Crippen molar-refractivity contribution in [2.75, 3.05) is 16.3 Å². The summed E-state index contributed by atoms with van der Waals surface area (Å²) in [5.41, 5.74) is -0.219. The average molecular weight is 585 g/mol. The number of carbonyl (C=O) groups excluding carboxylic acids is 1. The number of fused-ring (bicyclic) bond motifs is 1. The number of hydrogen-bond acceptors (Lipinski definition) is 6. The quantitative estimate of drug-likeness (QED) is 0.325. The molecule has 1 atom stereocenters. The van der Waals surface area contributed by atoms with E-state index in [-0.39, 0.29) is 30.3 Å². The molecule has 0 spiro atoms. The third-order valence-electron chi connectivity index (χ3n) is 6.21. The number of alkyl halides is 3. The number of anilines is 2. The van der Waals surface area contributed by atoms with Crippen molar-refractivity contribution >= 4 is 40.9 Å². The van der Waals surface area contributed by atoms with Crippen molar-refractivity contribution in [3.8, 4) is 0 Å². The van der Waals surface area contributed by atoms with E-state index in [1.807, 2.05) is 4.90 Å². The van der Waals surface area contributed by atoms with Crippen molar-refractivity contribution in [3.05, 3.63) is 62.6 Å². The molecule has 0 fully saturated rings. The molecule has 2 aromatic carbocycles. The number of hydrogen-bond donors (Lipinski definition) is 0. The molecule has 8 nitrogen and oxygen atoms in total. The summed E-state index contributed by atoms with van der Waals surface area (Å²) in [5, 5.41) is 13.4. The van der Waals surface area contributed by atoms with Crippen molar-refractivity contribution < 1.29 is 22.7 Å². The Kier molecular flexibility index (Phi) is 8.05. The van der Waals surface area contributed by atoms with Crippen LogP contribution in [0, 0.1) is 6.92 Å². The van der Waals surface area contributed by atoms with Gasteiger partial charge in [-0.05, 0) is 86.7 Å². The van der Waals surface area contributed by atoms with E-state index in [4.69, 9.17) is 27.9 Å². The van der Waals surface area contributed by atoms with Crippen LogP contribution in [0.5, 0.6) is 0 Å². The Morgan fingerprint density at radius 3 is 2.36 bits per heavy atom. The molecule has 0 bridgehead atoms. The summed E-state index contributed by atoms with van der Waals surface area (Å²) in [4.78, 5) is 17.7. The van der Waals surface area contributed by atoms with Gasteiger partial charge in [0.1, 0.15) is 5.60 Å². The molecule has 0 N–H and O–H groups in total. The number of halogens is 5. The van der Waals surface area contributed by atoms with Gasteiger partial charge in [0, 0.05) is 23.1 Å². The number of tetrazole rings is 1. The van der Waals surface area contributed by atoms with Crippen molar-refractivity contribution in [1.82, 2.24) is 20.2 Å². The second kappa shape index (κ2) is 10.8. The lowest BCUT2D eigenvalue weighted by molar-refractivity contribution is -0.138. The first-order valence-corrected chi connectivity index (χ1v) is 13.1. The van der Waals surface area contributed by atoms with Crippen LogP contribution in [0.25, 0.3) is 0 Å². The number of rotatable bonds is 4. The molecule has 1 amide bonds. The van der Waals surface area contributed by atoms with Gasteiger partial charge in [0.2, 0.25) is 0 Å². The minimum absolute atomic E-state index is 0.0372. The zero-order valence-corrected chi connectivity index (χ0v) is 23.7. The smallest absolute Gasteiger partial charge is 0.416 e. The van der Waals surface area contributed by atoms with Gasteiger partial charge in [-0.25, -0.2) is 4.79 Å². The number of amides is 1. The maximum atomic E-state index is 14.0. The van der Waals surface area contributed by atoms with Crippen LogP contribution >= 0.6 is 23.2 Å². The van der Waals surface area contributed by atoms with Crippen LogP contribution in [-0.2, 0) is 24.5 Å². The SMILES string of the molecule is Cc1cc2c(cc1C(F)(F)F)N(C(=O)OC(C)(C)C)CCC[C@@H]2N(Cc1cc(Cl)cc(Cl)c1)c1nnn(C)n1. The maximum absolute atomic E-state index is 14.0. The molecule has 0 radical (unpaired) electrons. The summed E-state index contributed by atoms with van der Waals surface area (Å²) in [5.74, 6) is 0.271. The lowest BCUT2D eigenvalue weighted by atomic mass is 9.94. The molecule has 0 unspecified atom stereocenters. The molecule has 0 saturated heterocycles. The average Bonchev–Trinajstić information content (AvgIpc) is 3.12. The second-order valence-corrected chi connectivity index (χ2v) is 11.4. The van der Waals surface area contributed by atoms with Gasteiger partial charge in [-0.1, -0.05) is 34.4 Å². The Hall–Kier alpha value is -3.05. The highest BCUT2D eigenvalue weighted by Crippen LogP contribution is 2.44. The fourth-order valence-corrected chi connectivity index (χ4v) is 5.25. The highest BCUT2D eigenvalue weighted by Gasteiger charge is 2.38. The molecular weight excluding hydrogens is 556 g/mol. The lowest BCUT2D eigenvalue weighted by Crippen LogP contribution is -2.37. The van der Waals surface area contributed by atoms with Crippen molar-refractivity contribution in [3.63, 3.8) is 0 Å². The Morgan fingerprint density at radius 2 is 1.79 bits per heavy atom. The van der Waals surface area contributed by atoms with Gasteiger partial charge >= 0.3 is 12.3 Å². The van der Waals surface area contributed by atoms with Crippen LogP contribution in [0.15, 0.2) is 30.3 Å². The normalized spacial score (nSPS) is 16.1. The minimum atomic E-state index is -4.61. The largest absolute Gasteiger partial charge is 0.443 e. The van der Waals surface area contributed by atoms with Gasteiger partial charge in [-0.2, -0.15) is 18.0 Å². The highest BCUT2D eigenvalue weighted by molar-refractivity contribution is 6.34. The molecule has 1 aliphatic rings. The fourth-order valence-electron chi connectivity index (χ4n) is 4.68. The number of aryl methyl sites for hydroxylation is 2. The van der Waals surface area contributed by atoms with Gasteiger partial charge in [0.05, 0.1) is 24.3 Å². The predicted molar refractivity (Wildman–Crippen MR) is 143 cm³/mol. The van der Waals surface area contributed by atoms with Crippen LogP contribution in [0.2, 0.25) is 10.0 Å². The van der Waals surface area contributed by atoms with E-state index < -0.39 is 29.5 Å². The van der Waals surface area contributed by atoms with Crippen LogP contribution in [0.3, 0.4) is 0 Å². The van der Waals surface area contributed by atoms with Crippen LogP contribution in [-0.4, -0.2) is 38.4 Å². The topological polar surface area (TPSA) is 76.4 Å². The number of nitrogens with zero attached hydrogens (tertiary/aromatic N) is 6. The van der Waals surface area contributed by atoms with E-state index in [1.54, 1.807) is 46.0 Å². The zero-order chi connectivity index (χ0) is 28.7. The third-order valence-corrected chi connectivity index (χ3v) is 6.64. The minimum Gasteiger partial charge on any atom is -0.443 e. The summed E-state index contributed by atoms with van der Waals surface area (Å²) in [6.07, 6.45) is -4.35. The maximum Gasteiger partial charge on any atom is 0.416 e. The summed E-state index contributed by atoms with van der Waals surface area (Å²) in [6.45, 7) is 6.94. The van der Waals surface area contributed by atoms with E-state index in [0.29, 0.717) is 28.5 Å². The van der Waals surface area contributed by atoms with Crippen LogP contribution in [0.1, 0.15) is 61.9 Å². The van der Waals surface area contributed by atoms with Crippen molar-refractivity contribution in [2.45, 2.75) is 64.9 Å². The molecule has 210 valence electrons. The Labute approximate surface area is 234 Å². The van der Waals surface area contributed by atoms with E-state index >= 15 is 0 Å². The summed E-state index contributed by atoms with van der Waals surface area (Å²) < 4.78 is 47.6. The molecule has 3 aromatic rings. The summed E-state index contributed by atoms with van der Waals surface area (Å²) in [6, 6.07) is 7.12. The van der Waals surface area contributed by atoms with Gasteiger partial charge in [0.15, 0.2) is 0 Å². The number of ether oxygens (including phenoxy) is 1. The first kappa shape index (κ1) is 28.9. The monoisotopic (exact) mass is 584 g/mol. The molecule has 1 aliphatic heterocycles. The van der Waals surface area contributed by atoms with Gasteiger partial charge in [0.25, 0.3) is 5.95 Å².